The van der Waals surface area contributed by atoms with Gasteiger partial charge in [0.1, 0.15) is 5.76 Å². The Hall–Kier alpha value is -1.77. The Morgan fingerprint density at radius 2 is 1.79 bits per heavy atom. The van der Waals surface area contributed by atoms with E-state index in [2.05, 4.69) is 0 Å². The summed E-state index contributed by atoms with van der Waals surface area (Å²) >= 11 is 0. The van der Waals surface area contributed by atoms with Crippen LogP contribution in [0.25, 0.3) is 5.69 Å². The second kappa shape index (κ2) is 3.18. The van der Waals surface area contributed by atoms with Crippen LogP contribution in [0.4, 0.5) is 0 Å². The topological polar surface area (TPSA) is 35.1 Å². The molecule has 0 aliphatic rings. The molecule has 0 amide bonds. The first-order chi connectivity index (χ1) is 6.70. The molecule has 0 fully saturated rings. The second-order valence-corrected chi connectivity index (χ2v) is 3.18. The third kappa shape index (κ3) is 1.27. The molecule has 3 heteroatoms. The molecule has 2 rings (SSSR count). The third-order valence-corrected chi connectivity index (χ3v) is 2.28. The molecule has 72 valence electrons. The van der Waals surface area contributed by atoms with Crippen molar-refractivity contribution in [3.63, 3.8) is 0 Å². The van der Waals surface area contributed by atoms with E-state index in [9.17, 15) is 4.79 Å². The van der Waals surface area contributed by atoms with E-state index in [0.717, 1.165) is 11.4 Å². The van der Waals surface area contributed by atoms with Gasteiger partial charge in [-0.05, 0) is 26.0 Å². The minimum absolute atomic E-state index is 0.328. The van der Waals surface area contributed by atoms with Crippen molar-refractivity contribution in [2.45, 2.75) is 13.8 Å². The van der Waals surface area contributed by atoms with Crippen LogP contribution in [0, 0.1) is 13.8 Å². The fraction of sp³-hybridized carbons (Fsp3) is 0.182. The first-order valence-electron chi connectivity index (χ1n) is 4.44. The van der Waals surface area contributed by atoms with Crippen LogP contribution in [0.1, 0.15) is 11.5 Å². The Kier molecular flexibility index (Phi) is 2.00. The monoisotopic (exact) mass is 189 g/mol. The van der Waals surface area contributed by atoms with Crippen LogP contribution >= 0.6 is 0 Å². The highest BCUT2D eigenvalue weighted by Crippen LogP contribution is 2.11. The molecule has 0 N–H and O–H groups in total. The van der Waals surface area contributed by atoms with E-state index in [1.807, 2.05) is 37.3 Å². The minimum Gasteiger partial charge on any atom is -0.413 e. The Balaban J connectivity index is 2.69. The van der Waals surface area contributed by atoms with Crippen molar-refractivity contribution >= 4 is 0 Å². The average Bonchev–Trinajstić information content (AvgIpc) is 2.43. The van der Waals surface area contributed by atoms with E-state index in [1.54, 1.807) is 11.5 Å². The summed E-state index contributed by atoms with van der Waals surface area (Å²) in [6, 6.07) is 9.45. The lowest BCUT2D eigenvalue weighted by Gasteiger charge is -2.01. The first-order valence-corrected chi connectivity index (χ1v) is 4.44. The van der Waals surface area contributed by atoms with E-state index in [4.69, 9.17) is 4.42 Å². The van der Waals surface area contributed by atoms with Crippen molar-refractivity contribution in [3.05, 3.63) is 52.3 Å². The van der Waals surface area contributed by atoms with E-state index < -0.39 is 0 Å². The van der Waals surface area contributed by atoms with E-state index in [0.29, 0.717) is 5.76 Å². The number of benzene rings is 1. The quantitative estimate of drug-likeness (QED) is 0.688. The third-order valence-electron chi connectivity index (χ3n) is 2.28. The van der Waals surface area contributed by atoms with Gasteiger partial charge in [-0.3, -0.25) is 0 Å². The number of hydrogen-bond donors (Lipinski definition) is 0. The maximum absolute atomic E-state index is 11.5. The van der Waals surface area contributed by atoms with Gasteiger partial charge in [-0.1, -0.05) is 18.2 Å². The average molecular weight is 189 g/mol. The number of rotatable bonds is 1. The number of nitrogens with zero attached hydrogens (tertiary/aromatic N) is 1. The van der Waals surface area contributed by atoms with Crippen molar-refractivity contribution in [1.29, 1.82) is 0 Å². The summed E-state index contributed by atoms with van der Waals surface area (Å²) in [6.07, 6.45) is 0. The fourth-order valence-electron chi connectivity index (χ4n) is 1.42. The summed E-state index contributed by atoms with van der Waals surface area (Å²) in [6.45, 7) is 3.66. The van der Waals surface area contributed by atoms with Gasteiger partial charge >= 0.3 is 5.76 Å². The van der Waals surface area contributed by atoms with Crippen LogP contribution in [-0.2, 0) is 0 Å². The minimum atomic E-state index is -0.328. The molecule has 1 aromatic heterocycles. The molecule has 0 aliphatic heterocycles. The molecule has 0 bridgehead atoms. The summed E-state index contributed by atoms with van der Waals surface area (Å²) in [5, 5.41) is 0. The molecule has 0 radical (unpaired) electrons. The van der Waals surface area contributed by atoms with E-state index in [-0.39, 0.29) is 5.76 Å². The van der Waals surface area contributed by atoms with Gasteiger partial charge in [0.25, 0.3) is 0 Å². The molecular formula is C11H11NO2. The van der Waals surface area contributed by atoms with Crippen molar-refractivity contribution in [3.8, 4) is 5.69 Å². The normalized spacial score (nSPS) is 10.4. The van der Waals surface area contributed by atoms with Crippen LogP contribution in [0.5, 0.6) is 0 Å². The fourth-order valence-corrected chi connectivity index (χ4v) is 1.42. The molecular weight excluding hydrogens is 178 g/mol. The molecule has 1 heterocycles. The predicted molar refractivity (Wildman–Crippen MR) is 53.8 cm³/mol. The van der Waals surface area contributed by atoms with Gasteiger partial charge in [-0.15, -0.1) is 0 Å². The van der Waals surface area contributed by atoms with E-state index >= 15 is 0 Å². The second-order valence-electron chi connectivity index (χ2n) is 3.18. The zero-order valence-electron chi connectivity index (χ0n) is 8.15. The van der Waals surface area contributed by atoms with Crippen LogP contribution < -0.4 is 5.76 Å². The molecule has 3 nitrogen and oxygen atoms in total. The summed E-state index contributed by atoms with van der Waals surface area (Å²) in [7, 11) is 0. The highest BCUT2D eigenvalue weighted by atomic mass is 16.4. The number of oxazole rings is 1. The lowest BCUT2D eigenvalue weighted by molar-refractivity contribution is 0.479. The summed E-state index contributed by atoms with van der Waals surface area (Å²) in [5.41, 5.74) is 1.69. The number of para-hydroxylation sites is 1. The maximum atomic E-state index is 11.5. The molecule has 0 aliphatic carbocycles. The predicted octanol–water partition coefficient (Wildman–Crippen LogP) is 2.05. The summed E-state index contributed by atoms with van der Waals surface area (Å²) < 4.78 is 6.57. The highest BCUT2D eigenvalue weighted by molar-refractivity contribution is 5.33. The highest BCUT2D eigenvalue weighted by Gasteiger charge is 2.09. The molecule has 0 spiro atoms. The molecule has 0 saturated carbocycles. The van der Waals surface area contributed by atoms with Gasteiger partial charge in [0.05, 0.1) is 11.4 Å². The molecule has 0 atom stereocenters. The molecule has 2 aromatic rings. The van der Waals surface area contributed by atoms with Crippen LogP contribution in [0.15, 0.2) is 39.5 Å². The van der Waals surface area contributed by atoms with Crippen molar-refractivity contribution in [2.24, 2.45) is 0 Å². The summed E-state index contributed by atoms with van der Waals surface area (Å²) in [4.78, 5) is 11.5. The van der Waals surface area contributed by atoms with Crippen LogP contribution in [0.2, 0.25) is 0 Å². The zero-order chi connectivity index (χ0) is 10.1. The lowest BCUT2D eigenvalue weighted by Crippen LogP contribution is -2.12. The van der Waals surface area contributed by atoms with Gasteiger partial charge in [-0.25, -0.2) is 9.36 Å². The van der Waals surface area contributed by atoms with Gasteiger partial charge in [0, 0.05) is 0 Å². The number of aromatic nitrogens is 1. The maximum Gasteiger partial charge on any atom is 0.423 e. The van der Waals surface area contributed by atoms with Gasteiger partial charge in [0.2, 0.25) is 0 Å². The standard InChI is InChI=1S/C11H11NO2/c1-8-9(2)14-11(13)12(8)10-6-4-3-5-7-10/h3-7H,1-2H3. The van der Waals surface area contributed by atoms with E-state index in [1.165, 1.54) is 0 Å². The first kappa shape index (κ1) is 8.81. The van der Waals surface area contributed by atoms with Gasteiger partial charge < -0.3 is 4.42 Å². The zero-order valence-corrected chi connectivity index (χ0v) is 8.15. The number of hydrogen-bond acceptors (Lipinski definition) is 2. The van der Waals surface area contributed by atoms with Crippen LogP contribution in [-0.4, -0.2) is 4.57 Å². The molecule has 14 heavy (non-hydrogen) atoms. The van der Waals surface area contributed by atoms with Crippen LogP contribution in [0.3, 0.4) is 0 Å². The molecule has 0 unspecified atom stereocenters. The van der Waals surface area contributed by atoms with Crippen molar-refractivity contribution in [2.75, 3.05) is 0 Å². The molecule has 0 saturated heterocycles. The Bertz CT molecular complexity index is 494. The van der Waals surface area contributed by atoms with Crippen molar-refractivity contribution < 1.29 is 4.42 Å². The van der Waals surface area contributed by atoms with Gasteiger partial charge in [0.15, 0.2) is 0 Å². The SMILES string of the molecule is Cc1oc(=O)n(-c2ccccc2)c1C. The lowest BCUT2D eigenvalue weighted by atomic mass is 10.3. The van der Waals surface area contributed by atoms with Gasteiger partial charge in [-0.2, -0.15) is 0 Å². The molecule has 1 aromatic carbocycles. The Morgan fingerprint density at radius 3 is 2.29 bits per heavy atom. The summed E-state index contributed by atoms with van der Waals surface area (Å²) in [5.74, 6) is 0.338. The Morgan fingerprint density at radius 1 is 1.14 bits per heavy atom. The number of aryl methyl sites for hydroxylation is 1. The Labute approximate surface area is 81.6 Å². The largest absolute Gasteiger partial charge is 0.423 e. The smallest absolute Gasteiger partial charge is 0.413 e. The van der Waals surface area contributed by atoms with Crippen molar-refractivity contribution in [1.82, 2.24) is 4.57 Å².